The maximum atomic E-state index is 13.0. The fraction of sp³-hybridized carbons (Fsp3) is 0.222. The fourth-order valence-electron chi connectivity index (χ4n) is 4.17. The van der Waals surface area contributed by atoms with Crippen molar-refractivity contribution in [3.05, 3.63) is 84.9 Å². The van der Waals surface area contributed by atoms with Crippen molar-refractivity contribution in [1.82, 2.24) is 19.7 Å². The molecule has 178 valence electrons. The maximum Gasteiger partial charge on any atom is 0.233 e. The Balaban J connectivity index is 1.29. The average molecular weight is 486 g/mol. The number of methoxy groups -OCH3 is 1. The topological polar surface area (TPSA) is 63.5 Å². The van der Waals surface area contributed by atoms with Crippen LogP contribution in [0.25, 0.3) is 17.1 Å². The van der Waals surface area contributed by atoms with E-state index in [4.69, 9.17) is 4.74 Å². The Hall–Kier alpha value is -3.78. The van der Waals surface area contributed by atoms with Crippen LogP contribution in [0, 0.1) is 0 Å². The highest BCUT2D eigenvalue weighted by atomic mass is 32.2. The highest BCUT2D eigenvalue weighted by Gasteiger charge is 2.23. The van der Waals surface area contributed by atoms with Crippen molar-refractivity contribution in [1.29, 1.82) is 0 Å². The first-order valence-corrected chi connectivity index (χ1v) is 12.6. The lowest BCUT2D eigenvalue weighted by Gasteiger charge is -2.36. The van der Waals surface area contributed by atoms with Crippen LogP contribution in [0.4, 0.5) is 5.69 Å². The molecule has 5 rings (SSSR count). The normalized spacial score (nSPS) is 13.6. The summed E-state index contributed by atoms with van der Waals surface area (Å²) in [5, 5.41) is 9.61. The Morgan fingerprint density at radius 2 is 1.46 bits per heavy atom. The van der Waals surface area contributed by atoms with Crippen LogP contribution < -0.4 is 9.64 Å². The van der Waals surface area contributed by atoms with Crippen molar-refractivity contribution in [3.63, 3.8) is 0 Å². The molecule has 35 heavy (non-hydrogen) atoms. The summed E-state index contributed by atoms with van der Waals surface area (Å²) < 4.78 is 7.29. The third kappa shape index (κ3) is 5.17. The molecule has 0 N–H and O–H groups in total. The molecule has 3 aromatic carbocycles. The molecule has 0 bridgehead atoms. The Kier molecular flexibility index (Phi) is 6.99. The van der Waals surface area contributed by atoms with Gasteiger partial charge in [0.15, 0.2) is 11.0 Å². The molecule has 1 fully saturated rings. The highest BCUT2D eigenvalue weighted by molar-refractivity contribution is 7.99. The number of para-hydroxylation sites is 2. The van der Waals surface area contributed by atoms with Crippen LogP contribution in [0.2, 0.25) is 0 Å². The largest absolute Gasteiger partial charge is 0.497 e. The van der Waals surface area contributed by atoms with Gasteiger partial charge in [0, 0.05) is 43.1 Å². The number of carbonyl (C=O) groups is 1. The first-order chi connectivity index (χ1) is 17.2. The minimum Gasteiger partial charge on any atom is -0.497 e. The second-order valence-electron chi connectivity index (χ2n) is 8.20. The highest BCUT2D eigenvalue weighted by Crippen LogP contribution is 2.29. The smallest absolute Gasteiger partial charge is 0.233 e. The van der Waals surface area contributed by atoms with E-state index in [-0.39, 0.29) is 5.91 Å². The van der Waals surface area contributed by atoms with Crippen LogP contribution in [0.15, 0.2) is 90.1 Å². The van der Waals surface area contributed by atoms with Crippen molar-refractivity contribution in [3.8, 4) is 22.8 Å². The molecule has 1 aliphatic rings. The van der Waals surface area contributed by atoms with Crippen LogP contribution in [-0.4, -0.2) is 64.6 Å². The molecule has 0 aliphatic carbocycles. The second-order valence-corrected chi connectivity index (χ2v) is 9.14. The summed E-state index contributed by atoms with van der Waals surface area (Å²) >= 11 is 1.42. The van der Waals surface area contributed by atoms with E-state index in [2.05, 4.69) is 27.2 Å². The molecular formula is C27H27N5O2S. The molecule has 0 unspecified atom stereocenters. The van der Waals surface area contributed by atoms with Crippen LogP contribution in [0.1, 0.15) is 0 Å². The summed E-state index contributed by atoms with van der Waals surface area (Å²) in [6, 6.07) is 28.1. The van der Waals surface area contributed by atoms with Gasteiger partial charge in [-0.15, -0.1) is 10.2 Å². The average Bonchev–Trinajstić information content (AvgIpc) is 3.37. The zero-order valence-corrected chi connectivity index (χ0v) is 20.4. The van der Waals surface area contributed by atoms with Gasteiger partial charge in [0.2, 0.25) is 5.91 Å². The zero-order chi connectivity index (χ0) is 24.0. The lowest BCUT2D eigenvalue weighted by Crippen LogP contribution is -2.49. The SMILES string of the molecule is COc1ccc(-c2nnc(SCC(=O)N3CCN(c4ccccc4)CC3)n2-c2ccccc2)cc1. The maximum absolute atomic E-state index is 13.0. The molecule has 4 aromatic rings. The van der Waals surface area contributed by atoms with E-state index in [1.165, 1.54) is 17.4 Å². The standard InChI is InChI=1S/C27H27N5O2S/c1-34-24-14-12-21(13-15-24)26-28-29-27(32(26)23-10-6-3-7-11-23)35-20-25(33)31-18-16-30(17-19-31)22-8-4-2-5-9-22/h2-15H,16-20H2,1H3. The molecule has 1 saturated heterocycles. The number of aromatic nitrogens is 3. The lowest BCUT2D eigenvalue weighted by atomic mass is 10.2. The number of hydrogen-bond acceptors (Lipinski definition) is 6. The molecule has 0 atom stereocenters. The van der Waals surface area contributed by atoms with Crippen LogP contribution >= 0.6 is 11.8 Å². The molecule has 0 radical (unpaired) electrons. The van der Waals surface area contributed by atoms with Crippen LogP contribution in [-0.2, 0) is 4.79 Å². The van der Waals surface area contributed by atoms with Crippen LogP contribution in [0.3, 0.4) is 0 Å². The van der Waals surface area contributed by atoms with E-state index in [0.29, 0.717) is 10.9 Å². The predicted molar refractivity (Wildman–Crippen MR) is 139 cm³/mol. The van der Waals surface area contributed by atoms with Crippen molar-refractivity contribution in [2.24, 2.45) is 0 Å². The number of nitrogens with zero attached hydrogens (tertiary/aromatic N) is 5. The zero-order valence-electron chi connectivity index (χ0n) is 19.6. The molecule has 2 heterocycles. The minimum absolute atomic E-state index is 0.122. The van der Waals surface area contributed by atoms with Crippen molar-refractivity contribution in [2.45, 2.75) is 5.16 Å². The number of piperazine rings is 1. The summed E-state index contributed by atoms with van der Waals surface area (Å²) in [4.78, 5) is 17.3. The summed E-state index contributed by atoms with van der Waals surface area (Å²) in [5.41, 5.74) is 3.09. The number of rotatable bonds is 7. The number of ether oxygens (including phenoxy) is 1. The van der Waals surface area contributed by atoms with Gasteiger partial charge < -0.3 is 14.5 Å². The molecule has 0 saturated carbocycles. The Bertz CT molecular complexity index is 1250. The summed E-state index contributed by atoms with van der Waals surface area (Å²) in [7, 11) is 1.65. The molecule has 0 spiro atoms. The van der Waals surface area contributed by atoms with E-state index in [9.17, 15) is 4.79 Å². The van der Waals surface area contributed by atoms with Gasteiger partial charge in [-0.3, -0.25) is 9.36 Å². The minimum atomic E-state index is 0.122. The Morgan fingerprint density at radius 1 is 0.829 bits per heavy atom. The van der Waals surface area contributed by atoms with Crippen molar-refractivity contribution >= 4 is 23.4 Å². The lowest BCUT2D eigenvalue weighted by molar-refractivity contribution is -0.128. The molecule has 1 aliphatic heterocycles. The first-order valence-electron chi connectivity index (χ1n) is 11.6. The summed E-state index contributed by atoms with van der Waals surface area (Å²) in [6.45, 7) is 3.11. The fourth-order valence-corrected chi connectivity index (χ4v) is 5.03. The van der Waals surface area contributed by atoms with E-state index >= 15 is 0 Å². The van der Waals surface area contributed by atoms with Gasteiger partial charge in [-0.05, 0) is 48.5 Å². The first kappa shape index (κ1) is 23.0. The van der Waals surface area contributed by atoms with Crippen molar-refractivity contribution in [2.75, 3.05) is 43.9 Å². The van der Waals surface area contributed by atoms with Gasteiger partial charge in [-0.1, -0.05) is 48.2 Å². The predicted octanol–water partition coefficient (Wildman–Crippen LogP) is 4.38. The summed E-state index contributed by atoms with van der Waals surface area (Å²) in [5.74, 6) is 1.95. The number of benzene rings is 3. The van der Waals surface area contributed by atoms with Gasteiger partial charge in [0.1, 0.15) is 5.75 Å². The summed E-state index contributed by atoms with van der Waals surface area (Å²) in [6.07, 6.45) is 0. The molecular weight excluding hydrogens is 458 g/mol. The van der Waals surface area contributed by atoms with E-state index in [0.717, 1.165) is 49.0 Å². The van der Waals surface area contributed by atoms with Gasteiger partial charge in [0.25, 0.3) is 0 Å². The number of anilines is 1. The van der Waals surface area contributed by atoms with Gasteiger partial charge in [0.05, 0.1) is 12.9 Å². The van der Waals surface area contributed by atoms with Gasteiger partial charge >= 0.3 is 0 Å². The molecule has 1 aromatic heterocycles. The van der Waals surface area contributed by atoms with E-state index in [1.54, 1.807) is 7.11 Å². The number of carbonyl (C=O) groups excluding carboxylic acids is 1. The molecule has 7 nitrogen and oxygen atoms in total. The monoisotopic (exact) mass is 485 g/mol. The number of hydrogen-bond donors (Lipinski definition) is 0. The van der Waals surface area contributed by atoms with Gasteiger partial charge in [-0.25, -0.2) is 0 Å². The van der Waals surface area contributed by atoms with Crippen LogP contribution in [0.5, 0.6) is 5.75 Å². The van der Waals surface area contributed by atoms with E-state index in [1.807, 2.05) is 82.3 Å². The number of amides is 1. The Morgan fingerprint density at radius 3 is 2.09 bits per heavy atom. The van der Waals surface area contributed by atoms with Crippen molar-refractivity contribution < 1.29 is 9.53 Å². The Labute approximate surface area is 209 Å². The quantitative estimate of drug-likeness (QED) is 0.362. The molecule has 8 heteroatoms. The molecule has 1 amide bonds. The second kappa shape index (κ2) is 10.7. The van der Waals surface area contributed by atoms with E-state index < -0.39 is 0 Å². The number of thioether (sulfide) groups is 1. The van der Waals surface area contributed by atoms with Gasteiger partial charge in [-0.2, -0.15) is 0 Å². The third-order valence-electron chi connectivity index (χ3n) is 6.07. The third-order valence-corrected chi connectivity index (χ3v) is 6.99.